The molecule has 0 radical (unpaired) electrons. The fraction of sp³-hybridized carbons (Fsp3) is 0.105. The number of carbonyl (C=O) groups is 1. The van der Waals surface area contributed by atoms with E-state index >= 15 is 0 Å². The number of hydrogen-bond acceptors (Lipinski definition) is 6. The molecule has 0 saturated heterocycles. The van der Waals surface area contributed by atoms with Gasteiger partial charge in [-0.05, 0) is 30.3 Å². The van der Waals surface area contributed by atoms with Crippen LogP contribution in [0.1, 0.15) is 10.4 Å². The lowest BCUT2D eigenvalue weighted by Crippen LogP contribution is -2.13. The number of halogens is 1. The first-order valence-electron chi connectivity index (χ1n) is 7.97. The number of nitrogens with one attached hydrogen (secondary N) is 2. The SMILES string of the molecule is COc1ccc(NC(=O)c2cnc(Nc3cccc(F)c3)nc2)c(OC)c1. The van der Waals surface area contributed by atoms with E-state index in [4.69, 9.17) is 9.47 Å². The molecule has 8 heteroatoms. The van der Waals surface area contributed by atoms with Gasteiger partial charge >= 0.3 is 0 Å². The predicted molar refractivity (Wildman–Crippen MR) is 99.2 cm³/mol. The Kier molecular flexibility index (Phi) is 5.46. The Morgan fingerprint density at radius 1 is 1.04 bits per heavy atom. The number of rotatable bonds is 6. The van der Waals surface area contributed by atoms with Crippen LogP contribution in [0.5, 0.6) is 11.5 Å². The molecule has 0 aliphatic rings. The molecule has 1 heterocycles. The van der Waals surface area contributed by atoms with E-state index in [0.29, 0.717) is 22.9 Å². The minimum Gasteiger partial charge on any atom is -0.497 e. The van der Waals surface area contributed by atoms with Crippen molar-refractivity contribution < 1.29 is 18.7 Å². The first-order valence-corrected chi connectivity index (χ1v) is 7.97. The second kappa shape index (κ2) is 8.13. The van der Waals surface area contributed by atoms with Gasteiger partial charge in [0.1, 0.15) is 17.3 Å². The Labute approximate surface area is 155 Å². The summed E-state index contributed by atoms with van der Waals surface area (Å²) in [5.74, 6) is 0.563. The van der Waals surface area contributed by atoms with Crippen molar-refractivity contribution in [2.24, 2.45) is 0 Å². The van der Waals surface area contributed by atoms with Crippen LogP contribution in [-0.4, -0.2) is 30.1 Å². The van der Waals surface area contributed by atoms with Crippen LogP contribution >= 0.6 is 0 Å². The summed E-state index contributed by atoms with van der Waals surface area (Å²) in [6.45, 7) is 0. The summed E-state index contributed by atoms with van der Waals surface area (Å²) in [6.07, 6.45) is 2.75. The van der Waals surface area contributed by atoms with Crippen molar-refractivity contribution in [1.29, 1.82) is 0 Å². The van der Waals surface area contributed by atoms with E-state index in [9.17, 15) is 9.18 Å². The van der Waals surface area contributed by atoms with Crippen LogP contribution < -0.4 is 20.1 Å². The zero-order valence-electron chi connectivity index (χ0n) is 14.7. The summed E-state index contributed by atoms with van der Waals surface area (Å²) < 4.78 is 23.6. The summed E-state index contributed by atoms with van der Waals surface area (Å²) in [6, 6.07) is 11.0. The molecule has 0 unspecified atom stereocenters. The molecule has 1 amide bonds. The number of hydrogen-bond donors (Lipinski definition) is 2. The number of ether oxygens (including phenoxy) is 2. The molecular weight excluding hydrogens is 351 g/mol. The highest BCUT2D eigenvalue weighted by molar-refractivity contribution is 6.04. The maximum atomic E-state index is 13.2. The Morgan fingerprint density at radius 2 is 1.81 bits per heavy atom. The van der Waals surface area contributed by atoms with Gasteiger partial charge in [-0.2, -0.15) is 0 Å². The largest absolute Gasteiger partial charge is 0.497 e. The van der Waals surface area contributed by atoms with Crippen LogP contribution in [-0.2, 0) is 0 Å². The minimum absolute atomic E-state index is 0.249. The first-order chi connectivity index (χ1) is 13.1. The molecule has 1 aromatic heterocycles. The average molecular weight is 368 g/mol. The van der Waals surface area contributed by atoms with Crippen LogP contribution in [0.3, 0.4) is 0 Å². The third kappa shape index (κ3) is 4.49. The standard InChI is InChI=1S/C19H17FN4O3/c1-26-15-6-7-16(17(9-15)27-2)24-18(25)12-10-21-19(22-11-12)23-14-5-3-4-13(20)8-14/h3-11H,1-2H3,(H,24,25)(H,21,22,23). The van der Waals surface area contributed by atoms with Crippen molar-refractivity contribution in [2.75, 3.05) is 24.9 Å². The molecule has 0 aliphatic heterocycles. The molecule has 0 spiro atoms. The maximum Gasteiger partial charge on any atom is 0.258 e. The lowest BCUT2D eigenvalue weighted by atomic mass is 10.2. The maximum absolute atomic E-state index is 13.2. The fourth-order valence-corrected chi connectivity index (χ4v) is 2.30. The highest BCUT2D eigenvalue weighted by Crippen LogP contribution is 2.29. The molecule has 138 valence electrons. The van der Waals surface area contributed by atoms with E-state index in [1.807, 2.05) is 0 Å². The number of benzene rings is 2. The van der Waals surface area contributed by atoms with Gasteiger partial charge in [0.2, 0.25) is 5.95 Å². The smallest absolute Gasteiger partial charge is 0.258 e. The van der Waals surface area contributed by atoms with Gasteiger partial charge in [0.05, 0.1) is 25.5 Å². The van der Waals surface area contributed by atoms with Crippen molar-refractivity contribution in [3.8, 4) is 11.5 Å². The van der Waals surface area contributed by atoms with Gasteiger partial charge in [-0.25, -0.2) is 14.4 Å². The predicted octanol–water partition coefficient (Wildman–Crippen LogP) is 3.63. The second-order valence-corrected chi connectivity index (χ2v) is 5.45. The number of amides is 1. The topological polar surface area (TPSA) is 85.4 Å². The highest BCUT2D eigenvalue weighted by Gasteiger charge is 2.12. The molecule has 27 heavy (non-hydrogen) atoms. The summed E-state index contributed by atoms with van der Waals surface area (Å²) in [4.78, 5) is 20.6. The van der Waals surface area contributed by atoms with Gasteiger partial charge < -0.3 is 20.1 Å². The van der Waals surface area contributed by atoms with Crippen LogP contribution in [0.4, 0.5) is 21.7 Å². The average Bonchev–Trinajstić information content (AvgIpc) is 2.69. The summed E-state index contributed by atoms with van der Waals surface area (Å²) >= 11 is 0. The van der Waals surface area contributed by atoms with Crippen molar-refractivity contribution in [3.63, 3.8) is 0 Å². The van der Waals surface area contributed by atoms with Gasteiger partial charge in [0.15, 0.2) is 0 Å². The number of methoxy groups -OCH3 is 2. The fourth-order valence-electron chi connectivity index (χ4n) is 2.30. The quantitative estimate of drug-likeness (QED) is 0.691. The third-order valence-corrected chi connectivity index (χ3v) is 3.65. The Morgan fingerprint density at radius 3 is 2.48 bits per heavy atom. The lowest BCUT2D eigenvalue weighted by Gasteiger charge is -2.11. The second-order valence-electron chi connectivity index (χ2n) is 5.45. The van der Waals surface area contributed by atoms with Gasteiger partial charge in [-0.3, -0.25) is 4.79 Å². The Balaban J connectivity index is 1.71. The molecule has 7 nitrogen and oxygen atoms in total. The van der Waals surface area contributed by atoms with Gasteiger partial charge in [-0.15, -0.1) is 0 Å². The van der Waals surface area contributed by atoms with Gasteiger partial charge in [0.25, 0.3) is 5.91 Å². The van der Waals surface area contributed by atoms with Crippen LogP contribution in [0.2, 0.25) is 0 Å². The monoisotopic (exact) mass is 368 g/mol. The van der Waals surface area contributed by atoms with E-state index < -0.39 is 5.91 Å². The van der Waals surface area contributed by atoms with Crippen molar-refractivity contribution in [2.45, 2.75) is 0 Å². The Bertz CT molecular complexity index is 948. The summed E-state index contributed by atoms with van der Waals surface area (Å²) in [5, 5.41) is 5.60. The zero-order chi connectivity index (χ0) is 19.2. The molecule has 0 bridgehead atoms. The van der Waals surface area contributed by atoms with Crippen LogP contribution in [0, 0.1) is 5.82 Å². The highest BCUT2D eigenvalue weighted by atomic mass is 19.1. The number of nitrogens with zero attached hydrogens (tertiary/aromatic N) is 2. The first kappa shape index (κ1) is 18.1. The van der Waals surface area contributed by atoms with Gasteiger partial charge in [-0.1, -0.05) is 6.07 Å². The van der Waals surface area contributed by atoms with E-state index in [1.54, 1.807) is 37.4 Å². The zero-order valence-corrected chi connectivity index (χ0v) is 14.7. The van der Waals surface area contributed by atoms with E-state index in [0.717, 1.165) is 0 Å². The Hall–Kier alpha value is -3.68. The molecule has 2 aromatic carbocycles. The number of carbonyl (C=O) groups excluding carboxylic acids is 1. The molecule has 3 aromatic rings. The third-order valence-electron chi connectivity index (χ3n) is 3.65. The van der Waals surface area contributed by atoms with Crippen molar-refractivity contribution >= 4 is 23.2 Å². The normalized spacial score (nSPS) is 10.2. The van der Waals surface area contributed by atoms with Crippen molar-refractivity contribution in [1.82, 2.24) is 9.97 Å². The number of aromatic nitrogens is 2. The number of anilines is 3. The molecule has 0 saturated carbocycles. The van der Waals surface area contributed by atoms with Gasteiger partial charge in [0, 0.05) is 24.1 Å². The summed E-state index contributed by atoms with van der Waals surface area (Å²) in [7, 11) is 3.05. The molecular formula is C19H17FN4O3. The van der Waals surface area contributed by atoms with E-state index in [2.05, 4.69) is 20.6 Å². The minimum atomic E-state index is -0.393. The molecule has 0 fully saturated rings. The van der Waals surface area contributed by atoms with E-state index in [-0.39, 0.29) is 17.3 Å². The van der Waals surface area contributed by atoms with E-state index in [1.165, 1.54) is 31.6 Å². The lowest BCUT2D eigenvalue weighted by molar-refractivity contribution is 0.102. The molecule has 3 rings (SSSR count). The van der Waals surface area contributed by atoms with Crippen LogP contribution in [0.15, 0.2) is 54.9 Å². The van der Waals surface area contributed by atoms with Crippen molar-refractivity contribution in [3.05, 3.63) is 66.2 Å². The van der Waals surface area contributed by atoms with Crippen LogP contribution in [0.25, 0.3) is 0 Å². The molecule has 0 atom stereocenters. The molecule has 2 N–H and O–H groups in total. The molecule has 0 aliphatic carbocycles. The summed E-state index contributed by atoms with van der Waals surface area (Å²) in [5.41, 5.74) is 1.26.